The summed E-state index contributed by atoms with van der Waals surface area (Å²) in [6, 6.07) is 11.9. The average Bonchev–Trinajstić information content (AvgIpc) is 3.25. The van der Waals surface area contributed by atoms with Crippen molar-refractivity contribution in [1.29, 1.82) is 0 Å². The number of pyridine rings is 1. The van der Waals surface area contributed by atoms with Crippen LogP contribution < -0.4 is 24.2 Å². The van der Waals surface area contributed by atoms with E-state index in [0.29, 0.717) is 27.9 Å². The molecule has 174 valence electrons. The smallest absolute Gasteiger partial charge is 0.262 e. The van der Waals surface area contributed by atoms with Gasteiger partial charge in [0.2, 0.25) is 5.88 Å². The van der Waals surface area contributed by atoms with Gasteiger partial charge < -0.3 is 19.5 Å². The molecule has 0 fully saturated rings. The first kappa shape index (κ1) is 23.0. The monoisotopic (exact) mass is 489 g/mol. The summed E-state index contributed by atoms with van der Waals surface area (Å²) >= 11 is 6.14. The van der Waals surface area contributed by atoms with Crippen molar-refractivity contribution in [1.82, 2.24) is 4.98 Å². The summed E-state index contributed by atoms with van der Waals surface area (Å²) in [4.78, 5) is 4.62. The van der Waals surface area contributed by atoms with Crippen molar-refractivity contribution in [2.75, 3.05) is 30.8 Å². The second-order valence-electron chi connectivity index (χ2n) is 7.47. The summed E-state index contributed by atoms with van der Waals surface area (Å²) in [7, 11) is -0.799. The van der Waals surface area contributed by atoms with E-state index in [9.17, 15) is 8.42 Å². The Labute approximate surface area is 197 Å². The lowest BCUT2D eigenvalue weighted by molar-refractivity contribution is 0.294. The van der Waals surface area contributed by atoms with Gasteiger partial charge in [0, 0.05) is 11.6 Å². The summed E-state index contributed by atoms with van der Waals surface area (Å²) in [5.41, 5.74) is 2.45. The number of halogens is 1. The SMILES string of the molecule is COc1ccc(COc2nc3c(cc2NS(=O)(=O)c2cccc(Cl)c2C)CCN3)cc1OC. The van der Waals surface area contributed by atoms with Crippen LogP contribution in [0.4, 0.5) is 11.5 Å². The molecule has 2 aromatic carbocycles. The highest BCUT2D eigenvalue weighted by Crippen LogP contribution is 2.34. The first-order chi connectivity index (χ1) is 15.8. The van der Waals surface area contributed by atoms with E-state index in [-0.39, 0.29) is 23.1 Å². The van der Waals surface area contributed by atoms with Crippen molar-refractivity contribution in [2.24, 2.45) is 0 Å². The van der Waals surface area contributed by atoms with Gasteiger partial charge in [-0.1, -0.05) is 23.7 Å². The lowest BCUT2D eigenvalue weighted by Gasteiger charge is -2.16. The van der Waals surface area contributed by atoms with Crippen LogP contribution in [0.15, 0.2) is 47.4 Å². The van der Waals surface area contributed by atoms with Gasteiger partial charge in [-0.05, 0) is 60.4 Å². The molecule has 0 bridgehead atoms. The van der Waals surface area contributed by atoms with Crippen molar-refractivity contribution in [3.8, 4) is 17.4 Å². The fourth-order valence-corrected chi connectivity index (χ4v) is 5.13. The van der Waals surface area contributed by atoms with E-state index in [2.05, 4.69) is 15.0 Å². The second kappa shape index (κ2) is 9.36. The highest BCUT2D eigenvalue weighted by molar-refractivity contribution is 7.92. The zero-order valence-electron chi connectivity index (χ0n) is 18.4. The van der Waals surface area contributed by atoms with Crippen LogP contribution in [0, 0.1) is 6.92 Å². The van der Waals surface area contributed by atoms with Crippen molar-refractivity contribution < 1.29 is 22.6 Å². The number of sulfonamides is 1. The van der Waals surface area contributed by atoms with Gasteiger partial charge in [-0.2, -0.15) is 4.98 Å². The summed E-state index contributed by atoms with van der Waals surface area (Å²) in [6.07, 6.45) is 0.739. The van der Waals surface area contributed by atoms with Gasteiger partial charge in [-0.15, -0.1) is 0 Å². The molecule has 0 aliphatic carbocycles. The van der Waals surface area contributed by atoms with E-state index in [4.69, 9.17) is 25.8 Å². The van der Waals surface area contributed by atoms with Crippen molar-refractivity contribution in [3.63, 3.8) is 0 Å². The molecule has 1 aliphatic heterocycles. The van der Waals surface area contributed by atoms with E-state index in [1.54, 1.807) is 51.5 Å². The number of ether oxygens (including phenoxy) is 3. The van der Waals surface area contributed by atoms with Gasteiger partial charge in [0.1, 0.15) is 18.1 Å². The number of hydrogen-bond acceptors (Lipinski definition) is 7. The molecule has 4 rings (SSSR count). The van der Waals surface area contributed by atoms with Crippen molar-refractivity contribution in [2.45, 2.75) is 24.8 Å². The number of fused-ring (bicyclic) bond motifs is 1. The summed E-state index contributed by atoms with van der Waals surface area (Å²) in [6.45, 7) is 2.54. The minimum absolute atomic E-state index is 0.0967. The third-order valence-electron chi connectivity index (χ3n) is 5.33. The molecular weight excluding hydrogens is 466 g/mol. The molecule has 1 aliphatic rings. The molecule has 2 N–H and O–H groups in total. The molecule has 0 atom stereocenters. The maximum Gasteiger partial charge on any atom is 0.262 e. The van der Waals surface area contributed by atoms with E-state index in [0.717, 1.165) is 24.1 Å². The summed E-state index contributed by atoms with van der Waals surface area (Å²) < 4.78 is 45.5. The molecule has 8 nitrogen and oxygen atoms in total. The highest BCUT2D eigenvalue weighted by atomic mass is 35.5. The van der Waals surface area contributed by atoms with E-state index >= 15 is 0 Å². The predicted molar refractivity (Wildman–Crippen MR) is 127 cm³/mol. The van der Waals surface area contributed by atoms with E-state index in [1.807, 2.05) is 6.07 Å². The topological polar surface area (TPSA) is 98.8 Å². The normalized spacial score (nSPS) is 12.6. The Morgan fingerprint density at radius 2 is 1.91 bits per heavy atom. The van der Waals surface area contributed by atoms with Crippen LogP contribution in [-0.2, 0) is 23.1 Å². The molecule has 0 saturated heterocycles. The number of nitrogens with zero attached hydrogens (tertiary/aromatic N) is 1. The number of nitrogens with one attached hydrogen (secondary N) is 2. The molecule has 10 heteroatoms. The molecule has 0 amide bonds. The van der Waals surface area contributed by atoms with E-state index < -0.39 is 10.0 Å². The largest absolute Gasteiger partial charge is 0.493 e. The maximum absolute atomic E-state index is 13.2. The lowest BCUT2D eigenvalue weighted by atomic mass is 10.2. The quantitative estimate of drug-likeness (QED) is 0.483. The zero-order valence-corrected chi connectivity index (χ0v) is 20.0. The Hall–Kier alpha value is -3.17. The third-order valence-corrected chi connectivity index (χ3v) is 7.25. The molecule has 2 heterocycles. The molecule has 0 unspecified atom stereocenters. The van der Waals surface area contributed by atoms with Crippen LogP contribution in [-0.4, -0.2) is 34.2 Å². The third kappa shape index (κ3) is 4.79. The van der Waals surface area contributed by atoms with Crippen LogP contribution >= 0.6 is 11.6 Å². The molecule has 3 aromatic rings. The average molecular weight is 490 g/mol. The minimum atomic E-state index is -3.92. The number of aromatic nitrogens is 1. The van der Waals surface area contributed by atoms with Crippen LogP contribution in [0.5, 0.6) is 17.4 Å². The molecule has 1 aromatic heterocycles. The minimum Gasteiger partial charge on any atom is -0.493 e. The van der Waals surface area contributed by atoms with Gasteiger partial charge in [0.15, 0.2) is 11.5 Å². The maximum atomic E-state index is 13.2. The van der Waals surface area contributed by atoms with Crippen LogP contribution in [0.2, 0.25) is 5.02 Å². The van der Waals surface area contributed by atoms with Crippen LogP contribution in [0.3, 0.4) is 0 Å². The van der Waals surface area contributed by atoms with Gasteiger partial charge in [-0.25, -0.2) is 8.42 Å². The Kier molecular flexibility index (Phi) is 6.53. The molecule has 0 spiro atoms. The molecule has 0 radical (unpaired) electrons. The van der Waals surface area contributed by atoms with Crippen LogP contribution in [0.25, 0.3) is 0 Å². The number of benzene rings is 2. The van der Waals surface area contributed by atoms with Crippen molar-refractivity contribution in [3.05, 3.63) is 64.2 Å². The van der Waals surface area contributed by atoms with Gasteiger partial charge in [-0.3, -0.25) is 4.72 Å². The number of hydrogen-bond donors (Lipinski definition) is 2. The van der Waals surface area contributed by atoms with Crippen molar-refractivity contribution >= 4 is 33.1 Å². The Morgan fingerprint density at radius 3 is 2.67 bits per heavy atom. The fourth-order valence-electron chi connectivity index (χ4n) is 3.58. The fraction of sp³-hybridized carbons (Fsp3) is 0.261. The Bertz CT molecular complexity index is 1300. The number of anilines is 2. The summed E-state index contributed by atoms with van der Waals surface area (Å²) in [5, 5.41) is 3.56. The van der Waals surface area contributed by atoms with Gasteiger partial charge in [0.05, 0.1) is 19.1 Å². The second-order valence-corrected chi connectivity index (χ2v) is 9.53. The van der Waals surface area contributed by atoms with Gasteiger partial charge in [0.25, 0.3) is 10.0 Å². The van der Waals surface area contributed by atoms with Crippen LogP contribution in [0.1, 0.15) is 16.7 Å². The lowest BCUT2D eigenvalue weighted by Crippen LogP contribution is -2.16. The Balaban J connectivity index is 1.65. The highest BCUT2D eigenvalue weighted by Gasteiger charge is 2.23. The molecular formula is C23H24ClN3O5S. The van der Waals surface area contributed by atoms with E-state index in [1.165, 1.54) is 6.07 Å². The molecule has 0 saturated carbocycles. The standard InChI is InChI=1S/C23H24ClN3O5S/c1-14-17(24)5-4-6-21(14)33(28,29)27-18-12-16-9-10-25-22(16)26-23(18)32-13-15-7-8-19(30-2)20(11-15)31-3/h4-8,11-12,27H,9-10,13H2,1-3H3,(H,25,26). The molecule has 33 heavy (non-hydrogen) atoms. The number of rotatable bonds is 8. The summed E-state index contributed by atoms with van der Waals surface area (Å²) in [5.74, 6) is 2.02. The Morgan fingerprint density at radius 1 is 1.12 bits per heavy atom. The first-order valence-corrected chi connectivity index (χ1v) is 12.1. The zero-order chi connectivity index (χ0) is 23.6. The number of methoxy groups -OCH3 is 2. The van der Waals surface area contributed by atoms with Gasteiger partial charge >= 0.3 is 0 Å². The predicted octanol–water partition coefficient (Wildman–Crippen LogP) is 4.41. The first-order valence-electron chi connectivity index (χ1n) is 10.2.